The van der Waals surface area contributed by atoms with Crippen molar-refractivity contribution < 1.29 is 37.0 Å². The molecule has 3 aromatic carbocycles. The van der Waals surface area contributed by atoms with Crippen LogP contribution in [0.1, 0.15) is 42.5 Å². The van der Waals surface area contributed by atoms with Gasteiger partial charge in [-0.3, -0.25) is 0 Å². The summed E-state index contributed by atoms with van der Waals surface area (Å²) in [6.45, 7) is 4.98. The van der Waals surface area contributed by atoms with E-state index in [0.717, 1.165) is 9.87 Å². The van der Waals surface area contributed by atoms with E-state index in [1.54, 1.807) is 69.3 Å². The number of amidine groups is 1. The molecule has 1 fully saturated rings. The first kappa shape index (κ1) is 33.4. The molecule has 0 radical (unpaired) electrons. The highest BCUT2D eigenvalue weighted by Gasteiger charge is 2.69. The summed E-state index contributed by atoms with van der Waals surface area (Å²) >= 11 is 0. The first-order valence-electron chi connectivity index (χ1n) is 15.8. The van der Waals surface area contributed by atoms with Crippen LogP contribution in [-0.4, -0.2) is 68.9 Å². The molecule has 3 aliphatic rings. The molecule has 0 aliphatic carbocycles. The second-order valence-electron chi connectivity index (χ2n) is 11.8. The summed E-state index contributed by atoms with van der Waals surface area (Å²) in [5.41, 5.74) is 0.918. The molecule has 1 unspecified atom stereocenters. The monoisotopic (exact) mass is 682 g/mol. The van der Waals surface area contributed by atoms with Gasteiger partial charge in [-0.15, -0.1) is 0 Å². The van der Waals surface area contributed by atoms with Crippen molar-refractivity contribution in [2.45, 2.75) is 56.1 Å². The molecule has 1 spiro atoms. The number of para-hydroxylation sites is 1. The highest BCUT2D eigenvalue weighted by Crippen LogP contribution is 2.59. The van der Waals surface area contributed by atoms with E-state index in [4.69, 9.17) is 19.2 Å². The highest BCUT2D eigenvalue weighted by molar-refractivity contribution is 7.89. The molecule has 0 N–H and O–H groups in total. The van der Waals surface area contributed by atoms with Crippen molar-refractivity contribution >= 4 is 39.5 Å². The first-order valence-corrected chi connectivity index (χ1v) is 17.2. The number of rotatable bonds is 9. The van der Waals surface area contributed by atoms with Crippen LogP contribution in [0, 0.1) is 18.3 Å². The lowest BCUT2D eigenvalue weighted by Crippen LogP contribution is -2.55. The smallest absolute Gasteiger partial charge is 0.357 e. The van der Waals surface area contributed by atoms with Gasteiger partial charge in [-0.05, 0) is 68.1 Å². The summed E-state index contributed by atoms with van der Waals surface area (Å²) in [5.74, 6) is -2.72. The van der Waals surface area contributed by atoms with Crippen LogP contribution in [0.2, 0.25) is 0 Å². The molecule has 6 rings (SSSR count). The molecule has 3 aromatic rings. The fraction of sp³-hybridized carbons (Fsp3) is 0.306. The van der Waals surface area contributed by atoms with Crippen LogP contribution >= 0.6 is 0 Å². The molecule has 49 heavy (non-hydrogen) atoms. The van der Waals surface area contributed by atoms with E-state index in [1.165, 1.54) is 13.2 Å². The Morgan fingerprint density at radius 1 is 0.959 bits per heavy atom. The van der Waals surface area contributed by atoms with Crippen molar-refractivity contribution in [3.63, 3.8) is 0 Å². The number of ether oxygens (including phenoxy) is 3. The van der Waals surface area contributed by atoms with Crippen molar-refractivity contribution in [3.05, 3.63) is 106 Å². The molecule has 13 heteroatoms. The van der Waals surface area contributed by atoms with E-state index in [0.29, 0.717) is 22.4 Å². The Morgan fingerprint density at radius 3 is 2.27 bits per heavy atom. The van der Waals surface area contributed by atoms with E-state index in [1.807, 2.05) is 23.1 Å². The van der Waals surface area contributed by atoms with Crippen molar-refractivity contribution in [3.8, 4) is 6.07 Å². The Kier molecular flexibility index (Phi) is 8.77. The fourth-order valence-electron chi connectivity index (χ4n) is 7.17. The standard InChI is InChI=1S/C36H34N4O8S/c1-5-47-33(42)29-30(34(43)48-6-2)38-35-36(19-27(32(41)46-4)40(35)49(44,45)28-14-10-7-11-22(28)3)25-12-8-9-13-26(25)39(31(29)36)21-24-17-15-23(20-37)16-18-24/h7-18,27,31H,5-6,19,21H2,1-4H3/t27-,31?,36-/m0/s1. The number of nitriles is 1. The largest absolute Gasteiger partial charge is 0.467 e. The Hall–Kier alpha value is -5.48. The molecule has 0 aromatic heterocycles. The minimum Gasteiger partial charge on any atom is -0.467 e. The molecule has 0 bridgehead atoms. The third-order valence-corrected chi connectivity index (χ3v) is 11.1. The van der Waals surface area contributed by atoms with Gasteiger partial charge >= 0.3 is 17.9 Å². The van der Waals surface area contributed by atoms with Crippen molar-refractivity contribution in [1.82, 2.24) is 4.31 Å². The van der Waals surface area contributed by atoms with Crippen LogP contribution in [-0.2, 0) is 50.6 Å². The third-order valence-electron chi connectivity index (χ3n) is 9.13. The van der Waals surface area contributed by atoms with Gasteiger partial charge < -0.3 is 19.1 Å². The summed E-state index contributed by atoms with van der Waals surface area (Å²) in [6.07, 6.45) is -0.159. The maximum atomic E-state index is 14.8. The highest BCUT2D eigenvalue weighted by atomic mass is 32.2. The summed E-state index contributed by atoms with van der Waals surface area (Å²) in [6, 6.07) is 20.1. The first-order chi connectivity index (χ1) is 23.5. The number of esters is 3. The number of carbonyl (C=O) groups is 3. The Bertz CT molecular complexity index is 2070. The van der Waals surface area contributed by atoms with E-state index in [2.05, 4.69) is 6.07 Å². The number of sulfonamides is 1. The molecule has 12 nitrogen and oxygen atoms in total. The predicted octanol–water partition coefficient (Wildman–Crippen LogP) is 3.92. The number of hydrogen-bond acceptors (Lipinski definition) is 11. The van der Waals surface area contributed by atoms with Crippen LogP contribution in [0.15, 0.2) is 94.0 Å². The summed E-state index contributed by atoms with van der Waals surface area (Å²) < 4.78 is 46.6. The van der Waals surface area contributed by atoms with Gasteiger partial charge in [0.2, 0.25) is 0 Å². The maximum absolute atomic E-state index is 14.8. The second-order valence-corrected chi connectivity index (χ2v) is 13.6. The minimum absolute atomic E-state index is 0.0180. The van der Waals surface area contributed by atoms with Gasteiger partial charge in [0.15, 0.2) is 5.70 Å². The van der Waals surface area contributed by atoms with Crippen molar-refractivity contribution in [2.24, 2.45) is 4.99 Å². The normalized spacial score (nSPS) is 20.8. The molecular formula is C36H34N4O8S. The summed E-state index contributed by atoms with van der Waals surface area (Å²) in [5, 5.41) is 9.38. The van der Waals surface area contributed by atoms with Crippen LogP contribution in [0.3, 0.4) is 0 Å². The number of hydrogen-bond donors (Lipinski definition) is 0. The number of fused-ring (bicyclic) bond motifs is 1. The Balaban J connectivity index is 1.70. The topological polar surface area (TPSA) is 156 Å². The molecule has 3 aliphatic heterocycles. The van der Waals surface area contributed by atoms with Gasteiger partial charge in [0, 0.05) is 12.2 Å². The van der Waals surface area contributed by atoms with Crippen LogP contribution in [0.4, 0.5) is 5.69 Å². The average Bonchev–Trinajstić information content (AvgIpc) is 3.60. The molecule has 3 heterocycles. The molecule has 1 saturated heterocycles. The molecule has 0 amide bonds. The van der Waals surface area contributed by atoms with E-state index >= 15 is 0 Å². The molecule has 252 valence electrons. The van der Waals surface area contributed by atoms with Gasteiger partial charge in [0.05, 0.1) is 53.9 Å². The van der Waals surface area contributed by atoms with Crippen molar-refractivity contribution in [2.75, 3.05) is 25.2 Å². The van der Waals surface area contributed by atoms with E-state index in [-0.39, 0.29) is 42.5 Å². The minimum atomic E-state index is -4.52. The molecule has 0 saturated carbocycles. The average molecular weight is 683 g/mol. The quantitative estimate of drug-likeness (QED) is 0.240. The van der Waals surface area contributed by atoms with Gasteiger partial charge in [-0.2, -0.15) is 5.26 Å². The molecular weight excluding hydrogens is 648 g/mol. The second kappa shape index (κ2) is 12.9. The van der Waals surface area contributed by atoms with Crippen LogP contribution < -0.4 is 4.90 Å². The third kappa shape index (κ3) is 5.23. The summed E-state index contributed by atoms with van der Waals surface area (Å²) in [7, 11) is -3.35. The Morgan fingerprint density at radius 2 is 1.61 bits per heavy atom. The number of aliphatic imine (C=N–C) groups is 1. The lowest BCUT2D eigenvalue weighted by molar-refractivity contribution is -0.144. The van der Waals surface area contributed by atoms with Crippen LogP contribution in [0.5, 0.6) is 0 Å². The number of anilines is 1. The number of nitrogens with zero attached hydrogens (tertiary/aromatic N) is 4. The maximum Gasteiger partial charge on any atom is 0.357 e. The Labute approximate surface area is 284 Å². The fourth-order valence-corrected chi connectivity index (χ4v) is 9.03. The lowest BCUT2D eigenvalue weighted by atomic mass is 9.69. The van der Waals surface area contributed by atoms with E-state index in [9.17, 15) is 28.1 Å². The number of carbonyl (C=O) groups excluding carboxylic acids is 3. The number of methoxy groups -OCH3 is 1. The van der Waals surface area contributed by atoms with Crippen molar-refractivity contribution in [1.29, 1.82) is 5.26 Å². The predicted molar refractivity (Wildman–Crippen MR) is 178 cm³/mol. The van der Waals surface area contributed by atoms with Gasteiger partial charge in [0.1, 0.15) is 11.9 Å². The lowest BCUT2D eigenvalue weighted by Gasteiger charge is -2.41. The zero-order valence-corrected chi connectivity index (χ0v) is 28.2. The number of benzene rings is 3. The van der Waals surface area contributed by atoms with Gasteiger partial charge in [-0.25, -0.2) is 32.1 Å². The summed E-state index contributed by atoms with van der Waals surface area (Å²) in [4.78, 5) is 48.0. The van der Waals surface area contributed by atoms with Gasteiger partial charge in [-0.1, -0.05) is 48.5 Å². The zero-order valence-electron chi connectivity index (χ0n) is 27.4. The van der Waals surface area contributed by atoms with E-state index < -0.39 is 51.1 Å². The number of aryl methyl sites for hydroxylation is 1. The van der Waals surface area contributed by atoms with Crippen LogP contribution in [0.25, 0.3) is 0 Å². The SMILES string of the molecule is CCOC(=O)C1=C(C(=O)OCC)C2N(Cc3ccc(C#N)cc3)c3ccccc3[C@@]23C[C@@H](C(=O)OC)N(S(=O)(=O)c2ccccc2C)C3=N1. The zero-order chi connectivity index (χ0) is 35.1. The molecule has 3 atom stereocenters. The van der Waals surface area contributed by atoms with Gasteiger partial charge in [0.25, 0.3) is 10.0 Å².